The predicted octanol–water partition coefficient (Wildman–Crippen LogP) is 2.31. The Morgan fingerprint density at radius 2 is 2.17 bits per heavy atom. The first-order valence-corrected chi connectivity index (χ1v) is 6.80. The molecule has 18 heavy (non-hydrogen) atoms. The Morgan fingerprint density at radius 1 is 1.39 bits per heavy atom. The van der Waals surface area contributed by atoms with Crippen LogP contribution in [0.5, 0.6) is 0 Å². The number of nitrogens with zero attached hydrogens (tertiary/aromatic N) is 1. The van der Waals surface area contributed by atoms with Gasteiger partial charge in [0.15, 0.2) is 0 Å². The smallest absolute Gasteiger partial charge is 0.282 e. The molecule has 0 aliphatic carbocycles. The van der Waals surface area contributed by atoms with Crippen molar-refractivity contribution in [2.75, 3.05) is 32.6 Å². The lowest BCUT2D eigenvalue weighted by Gasteiger charge is -2.04. The third-order valence-electron chi connectivity index (χ3n) is 2.30. The van der Waals surface area contributed by atoms with E-state index in [2.05, 4.69) is 5.32 Å². The molecule has 0 atom stereocenters. The van der Waals surface area contributed by atoms with Crippen LogP contribution in [0.1, 0.15) is 6.42 Å². The van der Waals surface area contributed by atoms with Crippen LogP contribution in [-0.2, 0) is 4.74 Å². The summed E-state index contributed by atoms with van der Waals surface area (Å²) in [4.78, 5) is 11.2. The van der Waals surface area contributed by atoms with Gasteiger partial charge in [-0.2, -0.15) is 0 Å². The van der Waals surface area contributed by atoms with Crippen LogP contribution in [0.25, 0.3) is 0 Å². The fraction of sp³-hybridized carbons (Fsp3) is 0.500. The number of para-hydroxylation sites is 1. The van der Waals surface area contributed by atoms with E-state index >= 15 is 0 Å². The number of thioether (sulfide) groups is 1. The van der Waals surface area contributed by atoms with Gasteiger partial charge in [-0.3, -0.25) is 10.1 Å². The second-order valence-electron chi connectivity index (χ2n) is 3.67. The topological polar surface area (TPSA) is 64.4 Å². The lowest BCUT2D eigenvalue weighted by atomic mass is 10.3. The Morgan fingerprint density at radius 3 is 2.89 bits per heavy atom. The van der Waals surface area contributed by atoms with E-state index < -0.39 is 0 Å². The number of nitro groups is 1. The van der Waals surface area contributed by atoms with E-state index in [0.29, 0.717) is 6.61 Å². The maximum absolute atomic E-state index is 10.8. The number of hydrogen-bond donors (Lipinski definition) is 1. The van der Waals surface area contributed by atoms with Gasteiger partial charge in [-0.25, -0.2) is 0 Å². The molecule has 0 aromatic heterocycles. The van der Waals surface area contributed by atoms with Crippen LogP contribution in [0.3, 0.4) is 0 Å². The molecule has 0 saturated carbocycles. The molecule has 5 nitrogen and oxygen atoms in total. The maximum Gasteiger partial charge on any atom is 0.282 e. The van der Waals surface area contributed by atoms with Crippen molar-refractivity contribution in [3.8, 4) is 0 Å². The fourth-order valence-electron chi connectivity index (χ4n) is 1.41. The van der Waals surface area contributed by atoms with E-state index in [1.165, 1.54) is 11.8 Å². The highest BCUT2D eigenvalue weighted by molar-refractivity contribution is 7.99. The monoisotopic (exact) mass is 270 g/mol. The zero-order valence-corrected chi connectivity index (χ0v) is 11.2. The van der Waals surface area contributed by atoms with Crippen LogP contribution in [-0.4, -0.2) is 37.5 Å². The van der Waals surface area contributed by atoms with E-state index in [0.717, 1.165) is 30.2 Å². The van der Waals surface area contributed by atoms with Gasteiger partial charge in [0.25, 0.3) is 5.69 Å². The molecule has 1 aromatic carbocycles. The molecule has 1 aromatic rings. The van der Waals surface area contributed by atoms with Crippen molar-refractivity contribution in [3.63, 3.8) is 0 Å². The summed E-state index contributed by atoms with van der Waals surface area (Å²) < 4.78 is 4.92. The number of rotatable bonds is 9. The average Bonchev–Trinajstić information content (AvgIpc) is 2.38. The number of benzene rings is 1. The molecule has 0 unspecified atom stereocenters. The van der Waals surface area contributed by atoms with Gasteiger partial charge in [0, 0.05) is 19.7 Å². The molecule has 6 heteroatoms. The van der Waals surface area contributed by atoms with Crippen LogP contribution in [0.4, 0.5) is 5.69 Å². The summed E-state index contributed by atoms with van der Waals surface area (Å²) in [5, 5.41) is 14.0. The summed E-state index contributed by atoms with van der Waals surface area (Å²) >= 11 is 1.53. The van der Waals surface area contributed by atoms with Crippen molar-refractivity contribution >= 4 is 17.4 Å². The van der Waals surface area contributed by atoms with Crippen LogP contribution < -0.4 is 5.32 Å². The minimum Gasteiger partial charge on any atom is -0.383 e. The Bertz CT molecular complexity index is 374. The lowest BCUT2D eigenvalue weighted by Crippen LogP contribution is -2.20. The van der Waals surface area contributed by atoms with Gasteiger partial charge in [0.05, 0.1) is 16.4 Å². The van der Waals surface area contributed by atoms with Crippen LogP contribution >= 0.6 is 11.8 Å². The third-order valence-corrected chi connectivity index (χ3v) is 3.45. The minimum atomic E-state index is -0.334. The van der Waals surface area contributed by atoms with E-state index in [-0.39, 0.29) is 10.6 Å². The Kier molecular flexibility index (Phi) is 7.40. The average molecular weight is 270 g/mol. The molecule has 1 rings (SSSR count). The van der Waals surface area contributed by atoms with Gasteiger partial charge in [0.1, 0.15) is 0 Å². The van der Waals surface area contributed by atoms with Crippen LogP contribution in [0, 0.1) is 10.1 Å². The number of methoxy groups -OCH3 is 1. The van der Waals surface area contributed by atoms with Crippen molar-refractivity contribution in [1.29, 1.82) is 0 Å². The highest BCUT2D eigenvalue weighted by Crippen LogP contribution is 2.28. The normalized spacial score (nSPS) is 10.5. The molecule has 1 N–H and O–H groups in total. The number of ether oxygens (including phenoxy) is 1. The second kappa shape index (κ2) is 8.91. The van der Waals surface area contributed by atoms with Crippen LogP contribution in [0.2, 0.25) is 0 Å². The van der Waals surface area contributed by atoms with Crippen molar-refractivity contribution in [1.82, 2.24) is 5.32 Å². The molecule has 0 aliphatic heterocycles. The molecule has 0 radical (unpaired) electrons. The first-order valence-electron chi connectivity index (χ1n) is 5.81. The van der Waals surface area contributed by atoms with Crippen molar-refractivity contribution in [3.05, 3.63) is 34.4 Å². The highest BCUT2D eigenvalue weighted by Gasteiger charge is 2.11. The summed E-state index contributed by atoms with van der Waals surface area (Å²) in [5.74, 6) is 0.866. The molecule has 0 fully saturated rings. The third kappa shape index (κ3) is 5.48. The lowest BCUT2D eigenvalue weighted by molar-refractivity contribution is -0.387. The van der Waals surface area contributed by atoms with E-state index in [4.69, 9.17) is 4.74 Å². The summed E-state index contributed by atoms with van der Waals surface area (Å²) in [5.41, 5.74) is 0.190. The molecule has 0 spiro atoms. The van der Waals surface area contributed by atoms with E-state index in [1.54, 1.807) is 25.3 Å². The van der Waals surface area contributed by atoms with Crippen LogP contribution in [0.15, 0.2) is 29.2 Å². The van der Waals surface area contributed by atoms with Gasteiger partial charge in [-0.1, -0.05) is 12.1 Å². The second-order valence-corrected chi connectivity index (χ2v) is 4.81. The van der Waals surface area contributed by atoms with Crippen molar-refractivity contribution in [2.24, 2.45) is 0 Å². The van der Waals surface area contributed by atoms with Gasteiger partial charge in [0.2, 0.25) is 0 Å². The Balaban J connectivity index is 2.25. The fourth-order valence-corrected chi connectivity index (χ4v) is 2.38. The van der Waals surface area contributed by atoms with Crippen molar-refractivity contribution in [2.45, 2.75) is 11.3 Å². The van der Waals surface area contributed by atoms with E-state index in [9.17, 15) is 10.1 Å². The number of nitrogens with one attached hydrogen (secondary N) is 1. The molecular weight excluding hydrogens is 252 g/mol. The largest absolute Gasteiger partial charge is 0.383 e. The molecule has 0 aliphatic rings. The Hall–Kier alpha value is -1.11. The zero-order valence-electron chi connectivity index (χ0n) is 10.4. The molecule has 0 bridgehead atoms. The molecule has 0 saturated heterocycles. The standard InChI is InChI=1S/C12H18N2O3S/c1-17-9-8-13-7-4-10-18-12-6-3-2-5-11(12)14(15)16/h2-3,5-6,13H,4,7-10H2,1H3. The summed E-state index contributed by atoms with van der Waals surface area (Å²) in [6, 6.07) is 6.85. The zero-order chi connectivity index (χ0) is 13.2. The SMILES string of the molecule is COCCNCCCSc1ccccc1[N+](=O)[O-]. The molecule has 0 amide bonds. The van der Waals surface area contributed by atoms with Gasteiger partial charge in [-0.15, -0.1) is 11.8 Å². The van der Waals surface area contributed by atoms with Gasteiger partial charge >= 0.3 is 0 Å². The molecule has 0 heterocycles. The van der Waals surface area contributed by atoms with Crippen molar-refractivity contribution < 1.29 is 9.66 Å². The quantitative estimate of drug-likeness (QED) is 0.323. The van der Waals surface area contributed by atoms with Gasteiger partial charge in [-0.05, 0) is 24.8 Å². The summed E-state index contributed by atoms with van der Waals surface area (Å²) in [6.07, 6.45) is 0.973. The molecular formula is C12H18N2O3S. The maximum atomic E-state index is 10.8. The number of hydrogen-bond acceptors (Lipinski definition) is 5. The minimum absolute atomic E-state index is 0.190. The van der Waals surface area contributed by atoms with E-state index in [1.807, 2.05) is 6.07 Å². The first kappa shape index (κ1) is 14.9. The molecule has 100 valence electrons. The highest BCUT2D eigenvalue weighted by atomic mass is 32.2. The van der Waals surface area contributed by atoms with Gasteiger partial charge < -0.3 is 10.1 Å². The predicted molar refractivity (Wildman–Crippen MR) is 73.2 cm³/mol. The summed E-state index contributed by atoms with van der Waals surface area (Å²) in [6.45, 7) is 2.45. The first-order chi connectivity index (χ1) is 8.75. The summed E-state index contributed by atoms with van der Waals surface area (Å²) in [7, 11) is 1.67. The number of nitro benzene ring substituents is 1. The Labute approximate surface area is 111 Å².